The highest BCUT2D eigenvalue weighted by Crippen LogP contribution is 2.09. The van der Waals surface area contributed by atoms with E-state index in [0.29, 0.717) is 17.8 Å². The van der Waals surface area contributed by atoms with Crippen LogP contribution < -0.4 is 16.0 Å². The highest BCUT2D eigenvalue weighted by Gasteiger charge is 2.03. The van der Waals surface area contributed by atoms with Gasteiger partial charge in [0.2, 0.25) is 17.8 Å². The molecule has 6 nitrogen and oxygen atoms in total. The molecule has 1 aromatic heterocycles. The molecule has 6 heteroatoms. The maximum Gasteiger partial charge on any atom is 0.233 e. The lowest BCUT2D eigenvalue weighted by Crippen LogP contribution is -2.06. The highest BCUT2D eigenvalue weighted by atomic mass is 15.3. The summed E-state index contributed by atoms with van der Waals surface area (Å²) in [5.41, 5.74) is 0. The van der Waals surface area contributed by atoms with E-state index in [9.17, 15) is 0 Å². The zero-order chi connectivity index (χ0) is 13.2. The minimum absolute atomic E-state index is 0.474. The van der Waals surface area contributed by atoms with Crippen LogP contribution in [-0.4, -0.2) is 15.0 Å². The fourth-order valence-electron chi connectivity index (χ4n) is 1.04. The van der Waals surface area contributed by atoms with Crippen LogP contribution in [0.2, 0.25) is 0 Å². The van der Waals surface area contributed by atoms with E-state index in [1.54, 1.807) is 18.6 Å². The Balaban J connectivity index is 2.94. The van der Waals surface area contributed by atoms with Crippen LogP contribution in [0.4, 0.5) is 17.8 Å². The molecule has 0 saturated heterocycles. The summed E-state index contributed by atoms with van der Waals surface area (Å²) in [5.74, 6) is 1.42. The third-order valence-electron chi connectivity index (χ3n) is 1.77. The smallest absolute Gasteiger partial charge is 0.233 e. The van der Waals surface area contributed by atoms with Crippen LogP contribution >= 0.6 is 0 Å². The molecule has 0 aliphatic carbocycles. The van der Waals surface area contributed by atoms with Gasteiger partial charge in [0, 0.05) is 0 Å². The van der Waals surface area contributed by atoms with Gasteiger partial charge in [0.15, 0.2) is 0 Å². The summed E-state index contributed by atoms with van der Waals surface area (Å²) in [5, 5.41) is 8.87. The van der Waals surface area contributed by atoms with Crippen molar-refractivity contribution >= 4 is 17.8 Å². The molecular weight excluding hydrogens is 228 g/mol. The maximum absolute atomic E-state index is 4.21. The molecule has 0 aromatic carbocycles. The summed E-state index contributed by atoms with van der Waals surface area (Å²) in [4.78, 5) is 12.6. The SMILES string of the molecule is CC=CNc1nc(NC=CC)nc(NC=CC)n1. The van der Waals surface area contributed by atoms with Crippen LogP contribution in [0.1, 0.15) is 20.8 Å². The molecule has 0 unspecified atom stereocenters. The maximum atomic E-state index is 4.21. The van der Waals surface area contributed by atoms with Gasteiger partial charge in [-0.15, -0.1) is 0 Å². The Morgan fingerprint density at radius 3 is 1.11 bits per heavy atom. The van der Waals surface area contributed by atoms with Gasteiger partial charge in [-0.1, -0.05) is 18.2 Å². The lowest BCUT2D eigenvalue weighted by Gasteiger charge is -2.06. The van der Waals surface area contributed by atoms with E-state index in [1.807, 2.05) is 39.0 Å². The van der Waals surface area contributed by atoms with Gasteiger partial charge in [-0.25, -0.2) is 0 Å². The second-order valence-corrected chi connectivity index (χ2v) is 3.24. The molecule has 3 N–H and O–H groups in total. The van der Waals surface area contributed by atoms with Crippen molar-refractivity contribution in [3.8, 4) is 0 Å². The van der Waals surface area contributed by atoms with Crippen molar-refractivity contribution in [3.05, 3.63) is 36.8 Å². The van der Waals surface area contributed by atoms with Crippen molar-refractivity contribution in [1.29, 1.82) is 0 Å². The first-order chi connectivity index (χ1) is 8.80. The molecule has 96 valence electrons. The quantitative estimate of drug-likeness (QED) is 0.716. The molecule has 1 rings (SSSR count). The average molecular weight is 246 g/mol. The predicted molar refractivity (Wildman–Crippen MR) is 75.1 cm³/mol. The van der Waals surface area contributed by atoms with Gasteiger partial charge in [-0.3, -0.25) is 0 Å². The zero-order valence-electron chi connectivity index (χ0n) is 10.8. The van der Waals surface area contributed by atoms with Crippen molar-refractivity contribution < 1.29 is 0 Å². The van der Waals surface area contributed by atoms with Crippen molar-refractivity contribution in [2.45, 2.75) is 20.8 Å². The Kier molecular flexibility index (Phi) is 5.96. The standard InChI is InChI=1S/C12H18N6/c1-4-7-13-10-16-11(14-8-5-2)18-12(17-10)15-9-6-3/h4-9H,1-3H3,(H3,13,14,15,16,17,18). The number of nitrogens with zero attached hydrogens (tertiary/aromatic N) is 3. The molecule has 1 heterocycles. The summed E-state index contributed by atoms with van der Waals surface area (Å²) in [6.45, 7) is 5.73. The Labute approximate surface area is 107 Å². The Hall–Kier alpha value is -2.37. The van der Waals surface area contributed by atoms with E-state index in [2.05, 4.69) is 30.9 Å². The second kappa shape index (κ2) is 7.83. The van der Waals surface area contributed by atoms with Crippen LogP contribution in [0.3, 0.4) is 0 Å². The van der Waals surface area contributed by atoms with Crippen LogP contribution in [0.5, 0.6) is 0 Å². The summed E-state index contributed by atoms with van der Waals surface area (Å²) in [7, 11) is 0. The van der Waals surface area contributed by atoms with Gasteiger partial charge in [0.25, 0.3) is 0 Å². The van der Waals surface area contributed by atoms with Gasteiger partial charge < -0.3 is 16.0 Å². The van der Waals surface area contributed by atoms with Crippen molar-refractivity contribution in [1.82, 2.24) is 15.0 Å². The van der Waals surface area contributed by atoms with Gasteiger partial charge in [-0.05, 0) is 39.4 Å². The number of hydrogen-bond donors (Lipinski definition) is 3. The Bertz CT molecular complexity index is 371. The van der Waals surface area contributed by atoms with E-state index >= 15 is 0 Å². The summed E-state index contributed by atoms with van der Waals surface area (Å²) in [6.07, 6.45) is 10.9. The predicted octanol–water partition coefficient (Wildman–Crippen LogP) is 2.71. The fraction of sp³-hybridized carbons (Fsp3) is 0.250. The van der Waals surface area contributed by atoms with Gasteiger partial charge in [0.1, 0.15) is 0 Å². The van der Waals surface area contributed by atoms with E-state index < -0.39 is 0 Å². The van der Waals surface area contributed by atoms with Crippen LogP contribution in [0.15, 0.2) is 36.8 Å². The Morgan fingerprint density at radius 2 is 0.889 bits per heavy atom. The van der Waals surface area contributed by atoms with Crippen molar-refractivity contribution in [2.75, 3.05) is 16.0 Å². The number of aromatic nitrogens is 3. The fourth-order valence-corrected chi connectivity index (χ4v) is 1.04. The molecule has 0 bridgehead atoms. The van der Waals surface area contributed by atoms with Crippen LogP contribution in [0.25, 0.3) is 0 Å². The average Bonchev–Trinajstić information content (AvgIpc) is 2.40. The first-order valence-corrected chi connectivity index (χ1v) is 5.69. The summed E-state index contributed by atoms with van der Waals surface area (Å²) >= 11 is 0. The Morgan fingerprint density at radius 1 is 0.611 bits per heavy atom. The second-order valence-electron chi connectivity index (χ2n) is 3.24. The summed E-state index contributed by atoms with van der Waals surface area (Å²) < 4.78 is 0. The lowest BCUT2D eigenvalue weighted by molar-refractivity contribution is 1.06. The number of rotatable bonds is 6. The highest BCUT2D eigenvalue weighted by molar-refractivity contribution is 5.45. The molecular formula is C12H18N6. The molecule has 0 aliphatic rings. The minimum atomic E-state index is 0.474. The van der Waals surface area contributed by atoms with E-state index in [0.717, 1.165) is 0 Å². The molecule has 0 amide bonds. The van der Waals surface area contributed by atoms with E-state index in [1.165, 1.54) is 0 Å². The minimum Gasteiger partial charge on any atom is -0.331 e. The first kappa shape index (κ1) is 13.7. The number of allylic oxidation sites excluding steroid dienone is 3. The van der Waals surface area contributed by atoms with Crippen molar-refractivity contribution in [3.63, 3.8) is 0 Å². The number of nitrogens with one attached hydrogen (secondary N) is 3. The molecule has 0 fully saturated rings. The van der Waals surface area contributed by atoms with Gasteiger partial charge >= 0.3 is 0 Å². The monoisotopic (exact) mass is 246 g/mol. The van der Waals surface area contributed by atoms with Crippen LogP contribution in [-0.2, 0) is 0 Å². The molecule has 0 spiro atoms. The third kappa shape index (κ3) is 4.65. The van der Waals surface area contributed by atoms with Gasteiger partial charge in [-0.2, -0.15) is 15.0 Å². The molecule has 1 aromatic rings. The summed E-state index contributed by atoms with van der Waals surface area (Å²) in [6, 6.07) is 0. The molecule has 0 atom stereocenters. The largest absolute Gasteiger partial charge is 0.331 e. The van der Waals surface area contributed by atoms with Crippen molar-refractivity contribution in [2.24, 2.45) is 0 Å². The van der Waals surface area contributed by atoms with E-state index in [4.69, 9.17) is 0 Å². The molecule has 0 radical (unpaired) electrons. The zero-order valence-corrected chi connectivity index (χ0v) is 10.8. The van der Waals surface area contributed by atoms with E-state index in [-0.39, 0.29) is 0 Å². The van der Waals surface area contributed by atoms with Gasteiger partial charge in [0.05, 0.1) is 0 Å². The first-order valence-electron chi connectivity index (χ1n) is 5.69. The normalized spacial score (nSPS) is 11.5. The topological polar surface area (TPSA) is 74.8 Å². The lowest BCUT2D eigenvalue weighted by atomic mass is 10.6. The number of hydrogen-bond acceptors (Lipinski definition) is 6. The number of anilines is 3. The van der Waals surface area contributed by atoms with Crippen LogP contribution in [0, 0.1) is 0 Å². The molecule has 18 heavy (non-hydrogen) atoms. The molecule has 0 aliphatic heterocycles. The third-order valence-corrected chi connectivity index (χ3v) is 1.77. The molecule has 0 saturated carbocycles.